The predicted molar refractivity (Wildman–Crippen MR) is 100 cm³/mol. The quantitative estimate of drug-likeness (QED) is 0.657. The molecule has 3 aromatic rings. The fourth-order valence-electron chi connectivity index (χ4n) is 2.46. The van der Waals surface area contributed by atoms with E-state index in [1.54, 1.807) is 12.1 Å². The molecule has 0 radical (unpaired) electrons. The highest BCUT2D eigenvalue weighted by atomic mass is 16.2. The number of hydrogen-bond acceptors (Lipinski definition) is 4. The molecule has 0 aliphatic carbocycles. The second-order valence-electron chi connectivity index (χ2n) is 5.75. The molecule has 0 fully saturated rings. The maximum Gasteiger partial charge on any atom is 0.324 e. The van der Waals surface area contributed by atoms with E-state index in [1.807, 2.05) is 56.3 Å². The van der Waals surface area contributed by atoms with E-state index in [1.165, 1.54) is 11.1 Å². The number of amides is 2. The van der Waals surface area contributed by atoms with Crippen LogP contribution in [0.5, 0.6) is 0 Å². The lowest BCUT2D eigenvalue weighted by molar-refractivity contribution is 0.262. The molecule has 1 aromatic heterocycles. The molecule has 6 heteroatoms. The highest BCUT2D eigenvalue weighted by Gasteiger charge is 2.05. The Morgan fingerprint density at radius 3 is 2.04 bits per heavy atom. The van der Waals surface area contributed by atoms with Crippen molar-refractivity contribution < 1.29 is 4.79 Å². The van der Waals surface area contributed by atoms with Crippen LogP contribution in [0, 0.1) is 13.8 Å². The highest BCUT2D eigenvalue weighted by Crippen LogP contribution is 2.18. The number of aromatic nitrogens is 2. The maximum atomic E-state index is 11.9. The molecule has 0 atom stereocenters. The van der Waals surface area contributed by atoms with Crippen molar-refractivity contribution in [1.29, 1.82) is 0 Å². The van der Waals surface area contributed by atoms with E-state index in [2.05, 4.69) is 32.2 Å². The molecule has 25 heavy (non-hydrogen) atoms. The van der Waals surface area contributed by atoms with Crippen LogP contribution in [0.15, 0.2) is 60.7 Å². The van der Waals surface area contributed by atoms with Gasteiger partial charge in [-0.3, -0.25) is 5.32 Å². The fourth-order valence-corrected chi connectivity index (χ4v) is 2.46. The van der Waals surface area contributed by atoms with Crippen molar-refractivity contribution in [3.8, 4) is 0 Å². The maximum absolute atomic E-state index is 11.9. The first-order valence-corrected chi connectivity index (χ1v) is 7.90. The number of urea groups is 1. The standard InChI is InChI=1S/C19H19N5O/c1-13-10-14(2)12-16(11-13)20-17-8-9-18(24-23-17)22-19(25)21-15-6-4-3-5-7-15/h3-12H,1-2H3,(H,20,23)(H2,21,22,24,25). The molecule has 0 bridgehead atoms. The zero-order chi connectivity index (χ0) is 17.6. The SMILES string of the molecule is Cc1cc(C)cc(Nc2ccc(NC(=O)Nc3ccccc3)nn2)c1. The number of nitrogens with zero attached hydrogens (tertiary/aromatic N) is 2. The predicted octanol–water partition coefficient (Wildman–Crippen LogP) is 4.48. The summed E-state index contributed by atoms with van der Waals surface area (Å²) in [6, 6.07) is 18.5. The Labute approximate surface area is 146 Å². The number of rotatable bonds is 4. The number of carbonyl (C=O) groups excluding carboxylic acids is 1. The molecule has 0 saturated carbocycles. The lowest BCUT2D eigenvalue weighted by Gasteiger charge is -2.09. The summed E-state index contributed by atoms with van der Waals surface area (Å²) in [5.74, 6) is 0.985. The smallest absolute Gasteiger partial charge is 0.324 e. The van der Waals surface area contributed by atoms with Gasteiger partial charge in [-0.15, -0.1) is 10.2 Å². The van der Waals surface area contributed by atoms with Gasteiger partial charge in [0.05, 0.1) is 0 Å². The molecule has 3 N–H and O–H groups in total. The van der Waals surface area contributed by atoms with Gasteiger partial charge in [-0.2, -0.15) is 0 Å². The van der Waals surface area contributed by atoms with E-state index in [-0.39, 0.29) is 6.03 Å². The summed E-state index contributed by atoms with van der Waals surface area (Å²) < 4.78 is 0. The summed E-state index contributed by atoms with van der Waals surface area (Å²) in [6.07, 6.45) is 0. The first kappa shape index (κ1) is 16.4. The van der Waals surface area contributed by atoms with Crippen LogP contribution >= 0.6 is 0 Å². The minimum atomic E-state index is -0.365. The largest absolute Gasteiger partial charge is 0.339 e. The molecule has 1 heterocycles. The Morgan fingerprint density at radius 1 is 0.760 bits per heavy atom. The summed E-state index contributed by atoms with van der Waals surface area (Å²) in [4.78, 5) is 11.9. The number of aryl methyl sites for hydroxylation is 2. The molecule has 0 unspecified atom stereocenters. The Morgan fingerprint density at radius 2 is 1.40 bits per heavy atom. The van der Waals surface area contributed by atoms with E-state index in [4.69, 9.17) is 0 Å². The van der Waals surface area contributed by atoms with Crippen LogP contribution in [0.4, 0.5) is 27.8 Å². The molecule has 2 amide bonds. The van der Waals surface area contributed by atoms with Gasteiger partial charge >= 0.3 is 6.03 Å². The van der Waals surface area contributed by atoms with Crippen molar-refractivity contribution in [3.05, 3.63) is 71.8 Å². The molecular formula is C19H19N5O. The number of hydrogen-bond donors (Lipinski definition) is 3. The zero-order valence-corrected chi connectivity index (χ0v) is 14.1. The molecule has 2 aromatic carbocycles. The van der Waals surface area contributed by atoms with E-state index in [0.29, 0.717) is 17.3 Å². The third-order valence-corrected chi connectivity index (χ3v) is 3.43. The molecule has 6 nitrogen and oxygen atoms in total. The third kappa shape index (κ3) is 4.78. The van der Waals surface area contributed by atoms with Gasteiger partial charge in [0, 0.05) is 11.4 Å². The Hall–Kier alpha value is -3.41. The Bertz CT molecular complexity index is 842. The summed E-state index contributed by atoms with van der Waals surface area (Å²) in [7, 11) is 0. The van der Waals surface area contributed by atoms with Crippen molar-refractivity contribution in [2.24, 2.45) is 0 Å². The number of benzene rings is 2. The minimum absolute atomic E-state index is 0.365. The van der Waals surface area contributed by atoms with Crippen molar-refractivity contribution in [2.75, 3.05) is 16.0 Å². The summed E-state index contributed by atoms with van der Waals surface area (Å²) in [5.41, 5.74) is 4.01. The van der Waals surface area contributed by atoms with Gasteiger partial charge in [-0.25, -0.2) is 4.79 Å². The van der Waals surface area contributed by atoms with Crippen LogP contribution in [0.25, 0.3) is 0 Å². The molecule has 3 rings (SSSR count). The number of anilines is 4. The number of carbonyl (C=O) groups is 1. The Kier molecular flexibility index (Phi) is 4.89. The lowest BCUT2D eigenvalue weighted by atomic mass is 10.1. The molecule has 0 saturated heterocycles. The first-order valence-electron chi connectivity index (χ1n) is 7.90. The van der Waals surface area contributed by atoms with Crippen molar-refractivity contribution in [3.63, 3.8) is 0 Å². The molecule has 0 aliphatic heterocycles. The topological polar surface area (TPSA) is 78.9 Å². The van der Waals surface area contributed by atoms with Gasteiger partial charge in [0.25, 0.3) is 0 Å². The van der Waals surface area contributed by atoms with E-state index in [9.17, 15) is 4.79 Å². The highest BCUT2D eigenvalue weighted by molar-refractivity contribution is 5.99. The number of para-hydroxylation sites is 1. The second-order valence-corrected chi connectivity index (χ2v) is 5.75. The third-order valence-electron chi connectivity index (χ3n) is 3.43. The molecule has 0 spiro atoms. The van der Waals surface area contributed by atoms with Crippen LogP contribution in [-0.2, 0) is 0 Å². The summed E-state index contributed by atoms with van der Waals surface area (Å²) in [5, 5.41) is 16.7. The van der Waals surface area contributed by atoms with Gasteiger partial charge in [0.1, 0.15) is 0 Å². The van der Waals surface area contributed by atoms with Crippen LogP contribution in [-0.4, -0.2) is 16.2 Å². The van der Waals surface area contributed by atoms with Gasteiger partial charge < -0.3 is 10.6 Å². The molecular weight excluding hydrogens is 314 g/mol. The zero-order valence-electron chi connectivity index (χ0n) is 14.1. The Balaban J connectivity index is 1.61. The molecule has 126 valence electrons. The van der Waals surface area contributed by atoms with Crippen LogP contribution in [0.3, 0.4) is 0 Å². The van der Waals surface area contributed by atoms with Crippen LogP contribution in [0.1, 0.15) is 11.1 Å². The van der Waals surface area contributed by atoms with Gasteiger partial charge in [-0.05, 0) is 61.4 Å². The first-order chi connectivity index (χ1) is 12.1. The van der Waals surface area contributed by atoms with E-state index in [0.717, 1.165) is 5.69 Å². The van der Waals surface area contributed by atoms with Gasteiger partial charge in [0.15, 0.2) is 11.6 Å². The monoisotopic (exact) mass is 333 g/mol. The van der Waals surface area contributed by atoms with Gasteiger partial charge in [0.2, 0.25) is 0 Å². The van der Waals surface area contributed by atoms with Crippen LogP contribution in [0.2, 0.25) is 0 Å². The van der Waals surface area contributed by atoms with Crippen molar-refractivity contribution in [1.82, 2.24) is 10.2 Å². The fraction of sp³-hybridized carbons (Fsp3) is 0.105. The average Bonchev–Trinajstić information content (AvgIpc) is 2.56. The average molecular weight is 333 g/mol. The lowest BCUT2D eigenvalue weighted by Crippen LogP contribution is -2.20. The summed E-state index contributed by atoms with van der Waals surface area (Å²) in [6.45, 7) is 4.09. The van der Waals surface area contributed by atoms with E-state index < -0.39 is 0 Å². The molecule has 0 aliphatic rings. The summed E-state index contributed by atoms with van der Waals surface area (Å²) >= 11 is 0. The van der Waals surface area contributed by atoms with E-state index >= 15 is 0 Å². The van der Waals surface area contributed by atoms with Crippen molar-refractivity contribution in [2.45, 2.75) is 13.8 Å². The van der Waals surface area contributed by atoms with Crippen molar-refractivity contribution >= 4 is 29.0 Å². The number of nitrogens with one attached hydrogen (secondary N) is 3. The second kappa shape index (κ2) is 7.44. The van der Waals surface area contributed by atoms with Gasteiger partial charge in [-0.1, -0.05) is 24.3 Å². The minimum Gasteiger partial charge on any atom is -0.339 e. The van der Waals surface area contributed by atoms with Crippen LogP contribution < -0.4 is 16.0 Å². The normalized spacial score (nSPS) is 10.2.